The molecule has 2 rings (SSSR count). The number of carbonyl (C=O) groups is 3. The second-order valence-corrected chi connectivity index (χ2v) is 5.11. The van der Waals surface area contributed by atoms with Crippen molar-refractivity contribution in [3.8, 4) is 0 Å². The summed E-state index contributed by atoms with van der Waals surface area (Å²) in [7, 11) is 0. The number of carbonyl (C=O) groups excluding carboxylic acids is 3. The van der Waals surface area contributed by atoms with E-state index in [2.05, 4.69) is 5.32 Å². The highest BCUT2D eigenvalue weighted by Gasteiger charge is 2.39. The molecule has 3 amide bonds. The van der Waals surface area contributed by atoms with Gasteiger partial charge in [-0.05, 0) is 19.8 Å². The number of hydrogen-bond donors (Lipinski definition) is 2. The molecule has 6 heteroatoms. The Hall–Kier alpha value is -1.43. The summed E-state index contributed by atoms with van der Waals surface area (Å²) in [5.74, 6) is -1.24. The van der Waals surface area contributed by atoms with E-state index in [1.807, 2.05) is 0 Å². The van der Waals surface area contributed by atoms with Gasteiger partial charge in [0, 0.05) is 6.04 Å². The van der Waals surface area contributed by atoms with Crippen LogP contribution in [0.15, 0.2) is 0 Å². The van der Waals surface area contributed by atoms with E-state index in [1.165, 1.54) is 4.90 Å². The molecule has 18 heavy (non-hydrogen) atoms. The van der Waals surface area contributed by atoms with Gasteiger partial charge in [0.1, 0.15) is 12.6 Å². The van der Waals surface area contributed by atoms with Gasteiger partial charge in [-0.3, -0.25) is 19.7 Å². The number of nitrogens with one attached hydrogen (secondary N) is 1. The summed E-state index contributed by atoms with van der Waals surface area (Å²) in [4.78, 5) is 36.6. The van der Waals surface area contributed by atoms with Crippen molar-refractivity contribution in [2.24, 2.45) is 11.7 Å². The van der Waals surface area contributed by atoms with Crippen molar-refractivity contribution < 1.29 is 14.4 Å². The third-order valence-electron chi connectivity index (χ3n) is 3.84. The normalized spacial score (nSPS) is 33.2. The Labute approximate surface area is 106 Å². The van der Waals surface area contributed by atoms with Crippen molar-refractivity contribution in [1.29, 1.82) is 0 Å². The fraction of sp³-hybridized carbons (Fsp3) is 0.750. The molecule has 0 radical (unpaired) electrons. The number of imide groups is 1. The van der Waals surface area contributed by atoms with Gasteiger partial charge in [-0.1, -0.05) is 12.8 Å². The zero-order valence-corrected chi connectivity index (χ0v) is 10.5. The standard InChI is InChI=1S/C12H19N3O3/c1-7-11(17)14-10(16)6-15(7)12(18)8-4-2-3-5-9(8)13/h7-9H,2-6,13H2,1H3,(H,14,16,17). The largest absolute Gasteiger partial charge is 0.327 e. The first kappa shape index (κ1) is 13.0. The zero-order chi connectivity index (χ0) is 13.3. The number of hydrogen-bond acceptors (Lipinski definition) is 4. The maximum absolute atomic E-state index is 12.4. The van der Waals surface area contributed by atoms with E-state index >= 15 is 0 Å². The third-order valence-corrected chi connectivity index (χ3v) is 3.84. The molecule has 1 aliphatic heterocycles. The summed E-state index contributed by atoms with van der Waals surface area (Å²) in [6, 6.07) is -0.747. The van der Waals surface area contributed by atoms with Crippen LogP contribution in [0.3, 0.4) is 0 Å². The predicted octanol–water partition coefficient (Wildman–Crippen LogP) is -0.623. The fourth-order valence-corrected chi connectivity index (χ4v) is 2.66. The Morgan fingerprint density at radius 3 is 2.67 bits per heavy atom. The SMILES string of the molecule is CC1C(=O)NC(=O)CN1C(=O)C1CCCCC1N. The number of amides is 3. The fourth-order valence-electron chi connectivity index (χ4n) is 2.66. The Kier molecular flexibility index (Phi) is 3.65. The highest BCUT2D eigenvalue weighted by molar-refractivity contribution is 6.04. The minimum Gasteiger partial charge on any atom is -0.327 e. The quantitative estimate of drug-likeness (QED) is 0.609. The lowest BCUT2D eigenvalue weighted by atomic mass is 9.83. The number of nitrogens with zero attached hydrogens (tertiary/aromatic N) is 1. The van der Waals surface area contributed by atoms with Gasteiger partial charge in [-0.25, -0.2) is 0 Å². The first-order chi connectivity index (χ1) is 8.50. The first-order valence-corrected chi connectivity index (χ1v) is 6.40. The number of nitrogens with two attached hydrogens (primary N) is 1. The van der Waals surface area contributed by atoms with Crippen molar-refractivity contribution in [2.75, 3.05) is 6.54 Å². The number of rotatable bonds is 1. The van der Waals surface area contributed by atoms with Crippen LogP contribution in [-0.2, 0) is 14.4 Å². The van der Waals surface area contributed by atoms with E-state index in [0.717, 1.165) is 25.7 Å². The van der Waals surface area contributed by atoms with Crippen molar-refractivity contribution in [3.05, 3.63) is 0 Å². The maximum atomic E-state index is 12.4. The third kappa shape index (κ3) is 2.38. The lowest BCUT2D eigenvalue weighted by molar-refractivity contribution is -0.152. The second-order valence-electron chi connectivity index (χ2n) is 5.11. The summed E-state index contributed by atoms with van der Waals surface area (Å²) in [5, 5.41) is 2.23. The van der Waals surface area contributed by atoms with Gasteiger partial charge in [0.15, 0.2) is 0 Å². The van der Waals surface area contributed by atoms with E-state index < -0.39 is 17.9 Å². The molecule has 0 bridgehead atoms. The summed E-state index contributed by atoms with van der Waals surface area (Å²) < 4.78 is 0. The van der Waals surface area contributed by atoms with Crippen LogP contribution in [0.1, 0.15) is 32.6 Å². The Bertz CT molecular complexity index is 383. The van der Waals surface area contributed by atoms with Crippen LogP contribution in [0.2, 0.25) is 0 Å². The summed E-state index contributed by atoms with van der Waals surface area (Å²) in [6.07, 6.45) is 3.60. The molecule has 0 aromatic rings. The van der Waals surface area contributed by atoms with Crippen LogP contribution in [-0.4, -0.2) is 41.2 Å². The van der Waals surface area contributed by atoms with Gasteiger partial charge in [-0.2, -0.15) is 0 Å². The highest BCUT2D eigenvalue weighted by Crippen LogP contribution is 2.25. The van der Waals surface area contributed by atoms with Crippen LogP contribution in [0.4, 0.5) is 0 Å². The van der Waals surface area contributed by atoms with Crippen molar-refractivity contribution in [3.63, 3.8) is 0 Å². The van der Waals surface area contributed by atoms with Gasteiger partial charge in [0.05, 0.1) is 5.92 Å². The Morgan fingerprint density at radius 1 is 1.33 bits per heavy atom. The molecule has 3 unspecified atom stereocenters. The monoisotopic (exact) mass is 253 g/mol. The predicted molar refractivity (Wildman–Crippen MR) is 64.3 cm³/mol. The van der Waals surface area contributed by atoms with Crippen LogP contribution < -0.4 is 11.1 Å². The minimum absolute atomic E-state index is 0.0467. The average Bonchev–Trinajstić information content (AvgIpc) is 2.33. The topological polar surface area (TPSA) is 92.5 Å². The molecular weight excluding hydrogens is 234 g/mol. The molecule has 0 spiro atoms. The minimum atomic E-state index is -0.593. The van der Waals surface area contributed by atoms with Crippen LogP contribution in [0.25, 0.3) is 0 Å². The Morgan fingerprint density at radius 2 is 2.00 bits per heavy atom. The summed E-state index contributed by atoms with van der Waals surface area (Å²) in [5.41, 5.74) is 5.97. The summed E-state index contributed by atoms with van der Waals surface area (Å²) in [6.45, 7) is 1.59. The second kappa shape index (κ2) is 5.06. The smallest absolute Gasteiger partial charge is 0.249 e. The lowest BCUT2D eigenvalue weighted by Gasteiger charge is -2.37. The zero-order valence-electron chi connectivity index (χ0n) is 10.5. The maximum Gasteiger partial charge on any atom is 0.249 e. The molecule has 3 atom stereocenters. The molecule has 1 heterocycles. The van der Waals surface area contributed by atoms with Crippen molar-refractivity contribution in [2.45, 2.75) is 44.7 Å². The van der Waals surface area contributed by atoms with E-state index in [-0.39, 0.29) is 24.4 Å². The van der Waals surface area contributed by atoms with Crippen LogP contribution >= 0.6 is 0 Å². The Balaban J connectivity index is 2.11. The molecule has 2 fully saturated rings. The van der Waals surface area contributed by atoms with Crippen LogP contribution in [0, 0.1) is 5.92 Å². The van der Waals surface area contributed by atoms with E-state index in [4.69, 9.17) is 5.73 Å². The molecule has 1 saturated carbocycles. The van der Waals surface area contributed by atoms with Gasteiger partial charge in [0.2, 0.25) is 17.7 Å². The molecule has 2 aliphatic rings. The van der Waals surface area contributed by atoms with E-state index in [9.17, 15) is 14.4 Å². The first-order valence-electron chi connectivity index (χ1n) is 6.40. The van der Waals surface area contributed by atoms with Crippen LogP contribution in [0.5, 0.6) is 0 Å². The molecule has 0 aromatic carbocycles. The molecule has 1 aliphatic carbocycles. The highest BCUT2D eigenvalue weighted by atomic mass is 16.2. The van der Waals surface area contributed by atoms with Gasteiger partial charge in [-0.15, -0.1) is 0 Å². The van der Waals surface area contributed by atoms with E-state index in [0.29, 0.717) is 0 Å². The van der Waals surface area contributed by atoms with Gasteiger partial charge in [0.25, 0.3) is 0 Å². The number of piperazine rings is 1. The molecular formula is C12H19N3O3. The lowest BCUT2D eigenvalue weighted by Crippen LogP contribution is -2.61. The van der Waals surface area contributed by atoms with Crippen molar-refractivity contribution >= 4 is 17.7 Å². The molecule has 6 nitrogen and oxygen atoms in total. The molecule has 100 valence electrons. The summed E-state index contributed by atoms with van der Waals surface area (Å²) >= 11 is 0. The van der Waals surface area contributed by atoms with Gasteiger partial charge < -0.3 is 10.6 Å². The average molecular weight is 253 g/mol. The van der Waals surface area contributed by atoms with Gasteiger partial charge >= 0.3 is 0 Å². The van der Waals surface area contributed by atoms with Crippen molar-refractivity contribution in [1.82, 2.24) is 10.2 Å². The molecule has 1 saturated heterocycles. The molecule has 3 N–H and O–H groups in total. The molecule has 0 aromatic heterocycles. The van der Waals surface area contributed by atoms with E-state index in [1.54, 1.807) is 6.92 Å².